The monoisotopic (exact) mass is 353 g/mol. The Labute approximate surface area is 150 Å². The topological polar surface area (TPSA) is 88.6 Å². The molecule has 0 radical (unpaired) electrons. The van der Waals surface area contributed by atoms with E-state index in [-0.39, 0.29) is 17.6 Å². The van der Waals surface area contributed by atoms with Crippen molar-refractivity contribution in [2.75, 3.05) is 11.9 Å². The van der Waals surface area contributed by atoms with Gasteiger partial charge >= 0.3 is 0 Å². The van der Waals surface area contributed by atoms with Gasteiger partial charge in [-0.15, -0.1) is 0 Å². The van der Waals surface area contributed by atoms with E-state index in [9.17, 15) is 9.59 Å². The Morgan fingerprint density at radius 3 is 2.96 bits per heavy atom. The van der Waals surface area contributed by atoms with Gasteiger partial charge in [0.15, 0.2) is 17.2 Å². The minimum Gasteiger partial charge on any atom is -0.459 e. The molecular formula is C19H19N3O4. The number of aromatic nitrogens is 1. The summed E-state index contributed by atoms with van der Waals surface area (Å²) >= 11 is 0. The van der Waals surface area contributed by atoms with E-state index in [1.807, 2.05) is 0 Å². The van der Waals surface area contributed by atoms with E-state index in [2.05, 4.69) is 10.3 Å². The standard InChI is InChI=1S/C19H19N3O4/c1-12-20-14-8-7-13(11-17(14)26-12)21-18(23)15-5-2-3-9-22(15)19(24)16-6-4-10-25-16/h4,6-8,10-11,15H,2-3,5,9H2,1H3,(H,21,23). The predicted molar refractivity (Wildman–Crippen MR) is 94.8 cm³/mol. The van der Waals surface area contributed by atoms with E-state index in [4.69, 9.17) is 8.83 Å². The maximum absolute atomic E-state index is 12.8. The lowest BCUT2D eigenvalue weighted by atomic mass is 10.0. The molecule has 0 bridgehead atoms. The van der Waals surface area contributed by atoms with Crippen LogP contribution in [0.3, 0.4) is 0 Å². The molecule has 134 valence electrons. The highest BCUT2D eigenvalue weighted by molar-refractivity contribution is 6.00. The number of carbonyl (C=O) groups excluding carboxylic acids is 2. The van der Waals surface area contributed by atoms with Crippen LogP contribution in [0.5, 0.6) is 0 Å². The third-order valence-corrected chi connectivity index (χ3v) is 4.56. The number of carbonyl (C=O) groups is 2. The van der Waals surface area contributed by atoms with E-state index < -0.39 is 6.04 Å². The average Bonchev–Trinajstić information content (AvgIpc) is 3.29. The second-order valence-electron chi connectivity index (χ2n) is 6.39. The highest BCUT2D eigenvalue weighted by Crippen LogP contribution is 2.23. The summed E-state index contributed by atoms with van der Waals surface area (Å²) < 4.78 is 10.7. The maximum Gasteiger partial charge on any atom is 0.290 e. The van der Waals surface area contributed by atoms with Gasteiger partial charge in [0.2, 0.25) is 5.91 Å². The van der Waals surface area contributed by atoms with Crippen LogP contribution >= 0.6 is 0 Å². The number of furan rings is 1. The SMILES string of the molecule is Cc1nc2ccc(NC(=O)C3CCCCN3C(=O)c3ccco3)cc2o1. The summed E-state index contributed by atoms with van der Waals surface area (Å²) in [6.07, 6.45) is 3.86. The number of fused-ring (bicyclic) bond motifs is 1. The molecule has 1 aliphatic heterocycles. The van der Waals surface area contributed by atoms with Gasteiger partial charge in [-0.25, -0.2) is 4.98 Å². The number of nitrogens with zero attached hydrogens (tertiary/aromatic N) is 2. The minimum absolute atomic E-state index is 0.208. The van der Waals surface area contributed by atoms with Crippen LogP contribution in [-0.2, 0) is 4.79 Å². The van der Waals surface area contributed by atoms with E-state index in [0.29, 0.717) is 30.1 Å². The van der Waals surface area contributed by atoms with Crippen molar-refractivity contribution >= 4 is 28.6 Å². The molecule has 3 aromatic rings. The van der Waals surface area contributed by atoms with Crippen molar-refractivity contribution in [3.8, 4) is 0 Å². The molecule has 1 atom stereocenters. The summed E-state index contributed by atoms with van der Waals surface area (Å²) in [5.41, 5.74) is 1.98. The molecule has 1 fully saturated rings. The van der Waals surface area contributed by atoms with E-state index in [0.717, 1.165) is 18.4 Å². The quantitative estimate of drug-likeness (QED) is 0.780. The first-order valence-corrected chi connectivity index (χ1v) is 8.64. The van der Waals surface area contributed by atoms with Gasteiger partial charge in [0.1, 0.15) is 11.6 Å². The van der Waals surface area contributed by atoms with E-state index in [1.54, 1.807) is 42.2 Å². The number of benzene rings is 1. The molecule has 0 saturated carbocycles. The molecule has 2 aromatic heterocycles. The van der Waals surface area contributed by atoms with Crippen LogP contribution in [0, 0.1) is 6.92 Å². The molecular weight excluding hydrogens is 334 g/mol. The lowest BCUT2D eigenvalue weighted by Crippen LogP contribution is -2.49. The van der Waals surface area contributed by atoms with Crippen molar-refractivity contribution < 1.29 is 18.4 Å². The third-order valence-electron chi connectivity index (χ3n) is 4.56. The van der Waals surface area contributed by atoms with Crippen molar-refractivity contribution in [2.45, 2.75) is 32.2 Å². The fraction of sp³-hybridized carbons (Fsp3) is 0.316. The van der Waals surface area contributed by atoms with Crippen molar-refractivity contribution in [3.05, 3.63) is 48.2 Å². The zero-order valence-corrected chi connectivity index (χ0v) is 14.4. The molecule has 1 saturated heterocycles. The van der Waals surface area contributed by atoms with Crippen LogP contribution in [0.15, 0.2) is 45.4 Å². The molecule has 1 N–H and O–H groups in total. The summed E-state index contributed by atoms with van der Waals surface area (Å²) in [7, 11) is 0. The number of amides is 2. The van der Waals surface area contributed by atoms with Crippen LogP contribution in [0.1, 0.15) is 35.7 Å². The van der Waals surface area contributed by atoms with Gasteiger partial charge in [-0.1, -0.05) is 0 Å². The van der Waals surface area contributed by atoms with Crippen LogP contribution in [0.2, 0.25) is 0 Å². The Bertz CT molecular complexity index is 945. The number of hydrogen-bond acceptors (Lipinski definition) is 5. The third kappa shape index (κ3) is 3.08. The van der Waals surface area contributed by atoms with Crippen LogP contribution in [0.4, 0.5) is 5.69 Å². The maximum atomic E-state index is 12.8. The summed E-state index contributed by atoms with van der Waals surface area (Å²) in [4.78, 5) is 31.3. The van der Waals surface area contributed by atoms with Crippen LogP contribution in [0.25, 0.3) is 11.1 Å². The summed E-state index contributed by atoms with van der Waals surface area (Å²) in [6, 6.07) is 8.09. The number of hydrogen-bond donors (Lipinski definition) is 1. The molecule has 0 spiro atoms. The number of oxazole rings is 1. The average molecular weight is 353 g/mol. The zero-order chi connectivity index (χ0) is 18.1. The summed E-state index contributed by atoms with van der Waals surface area (Å²) in [5.74, 6) is 0.366. The lowest BCUT2D eigenvalue weighted by molar-refractivity contribution is -0.121. The highest BCUT2D eigenvalue weighted by atomic mass is 16.3. The Morgan fingerprint density at radius 2 is 2.15 bits per heavy atom. The number of piperidine rings is 1. The van der Waals surface area contributed by atoms with E-state index in [1.165, 1.54) is 6.26 Å². The van der Waals surface area contributed by atoms with Gasteiger partial charge in [-0.05, 0) is 43.5 Å². The van der Waals surface area contributed by atoms with Gasteiger partial charge in [0.25, 0.3) is 5.91 Å². The van der Waals surface area contributed by atoms with Gasteiger partial charge < -0.3 is 19.1 Å². The van der Waals surface area contributed by atoms with Crippen molar-refractivity contribution in [1.82, 2.24) is 9.88 Å². The second-order valence-corrected chi connectivity index (χ2v) is 6.39. The molecule has 7 nitrogen and oxygen atoms in total. The molecule has 1 aromatic carbocycles. The fourth-order valence-corrected chi connectivity index (χ4v) is 3.33. The number of nitrogens with one attached hydrogen (secondary N) is 1. The highest BCUT2D eigenvalue weighted by Gasteiger charge is 2.33. The zero-order valence-electron chi connectivity index (χ0n) is 14.4. The van der Waals surface area contributed by atoms with E-state index >= 15 is 0 Å². The minimum atomic E-state index is -0.520. The molecule has 1 unspecified atom stereocenters. The number of rotatable bonds is 3. The van der Waals surface area contributed by atoms with Gasteiger partial charge in [0.05, 0.1) is 6.26 Å². The van der Waals surface area contributed by atoms with Crippen molar-refractivity contribution in [3.63, 3.8) is 0 Å². The fourth-order valence-electron chi connectivity index (χ4n) is 3.33. The Balaban J connectivity index is 1.53. The predicted octanol–water partition coefficient (Wildman–Crippen LogP) is 3.36. The molecule has 1 aliphatic rings. The van der Waals surface area contributed by atoms with Gasteiger partial charge in [-0.3, -0.25) is 9.59 Å². The molecule has 3 heterocycles. The molecule has 26 heavy (non-hydrogen) atoms. The lowest BCUT2D eigenvalue weighted by Gasteiger charge is -2.34. The number of likely N-dealkylation sites (tertiary alicyclic amines) is 1. The second kappa shape index (κ2) is 6.67. The smallest absolute Gasteiger partial charge is 0.290 e. The van der Waals surface area contributed by atoms with Crippen LogP contribution in [-0.4, -0.2) is 34.3 Å². The molecule has 2 amide bonds. The first-order valence-electron chi connectivity index (χ1n) is 8.64. The molecule has 4 rings (SSSR count). The number of anilines is 1. The van der Waals surface area contributed by atoms with Crippen molar-refractivity contribution in [1.29, 1.82) is 0 Å². The van der Waals surface area contributed by atoms with Crippen molar-refractivity contribution in [2.24, 2.45) is 0 Å². The van der Waals surface area contributed by atoms with Crippen LogP contribution < -0.4 is 5.32 Å². The normalized spacial score (nSPS) is 17.4. The number of aryl methyl sites for hydroxylation is 1. The Morgan fingerprint density at radius 1 is 1.27 bits per heavy atom. The first kappa shape index (κ1) is 16.4. The summed E-state index contributed by atoms with van der Waals surface area (Å²) in [6.45, 7) is 2.32. The Hall–Kier alpha value is -3.09. The largest absolute Gasteiger partial charge is 0.459 e. The Kier molecular flexibility index (Phi) is 4.20. The molecule has 7 heteroatoms. The molecule has 0 aliphatic carbocycles. The summed E-state index contributed by atoms with van der Waals surface area (Å²) in [5, 5.41) is 2.89. The van der Waals surface area contributed by atoms with Gasteiger partial charge in [0, 0.05) is 25.2 Å². The first-order chi connectivity index (χ1) is 12.6. The van der Waals surface area contributed by atoms with Gasteiger partial charge in [-0.2, -0.15) is 0 Å².